The molecule has 0 aliphatic heterocycles. The summed E-state index contributed by atoms with van der Waals surface area (Å²) in [5.74, 6) is -3.28. The Morgan fingerprint density at radius 3 is 2.55 bits per heavy atom. The maximum absolute atomic E-state index is 12.3. The van der Waals surface area contributed by atoms with Crippen molar-refractivity contribution >= 4 is 26.2 Å². The van der Waals surface area contributed by atoms with Crippen LogP contribution in [0.4, 0.5) is 0 Å². The fraction of sp³-hybridized carbons (Fsp3) is 0.417. The first-order valence-corrected chi connectivity index (χ1v) is 8.44. The number of carboxylic acids is 1. The first kappa shape index (κ1) is 21.9. The molecule has 7 nitrogen and oxygen atoms in total. The van der Waals surface area contributed by atoms with Crippen LogP contribution in [0, 0.1) is 0 Å². The fourth-order valence-corrected chi connectivity index (χ4v) is 3.44. The molecule has 0 aromatic heterocycles. The van der Waals surface area contributed by atoms with Crippen molar-refractivity contribution < 1.29 is 58.5 Å². The molecule has 1 rings (SSSR count). The zero-order valence-corrected chi connectivity index (χ0v) is 16.1. The van der Waals surface area contributed by atoms with Crippen LogP contribution in [0.5, 0.6) is 5.75 Å². The summed E-state index contributed by atoms with van der Waals surface area (Å²) in [6, 6.07) is 4.53. The van der Waals surface area contributed by atoms with E-state index < -0.39 is 25.4 Å². The quantitative estimate of drug-likeness (QED) is 0.226. The van der Waals surface area contributed by atoms with E-state index in [0.29, 0.717) is 0 Å². The van der Waals surface area contributed by atoms with Gasteiger partial charge in [-0.15, -0.1) is 0 Å². The van der Waals surface area contributed by atoms with Gasteiger partial charge in [0.1, 0.15) is 11.5 Å². The van der Waals surface area contributed by atoms with Crippen LogP contribution in [-0.2, 0) is 13.9 Å². The van der Waals surface area contributed by atoms with Crippen molar-refractivity contribution in [2.75, 3.05) is 12.4 Å². The van der Waals surface area contributed by atoms with Gasteiger partial charge in [-0.25, -0.2) is 0 Å². The molecule has 22 heavy (non-hydrogen) atoms. The van der Waals surface area contributed by atoms with Gasteiger partial charge in [-0.05, 0) is 13.0 Å². The molecule has 0 saturated carbocycles. The molecule has 10 heteroatoms. The zero-order chi connectivity index (χ0) is 16.0. The van der Waals surface area contributed by atoms with E-state index in [2.05, 4.69) is 17.9 Å². The third kappa shape index (κ3) is 5.86. The molecule has 0 heterocycles. The fourth-order valence-electron chi connectivity index (χ4n) is 1.72. The Kier molecular flexibility index (Phi) is 9.93. The molecule has 0 aliphatic carbocycles. The van der Waals surface area contributed by atoms with Crippen molar-refractivity contribution in [3.63, 3.8) is 0 Å². The van der Waals surface area contributed by atoms with Gasteiger partial charge in [-0.1, -0.05) is 18.2 Å². The third-order valence-corrected chi connectivity index (χ3v) is 4.77. The molecule has 0 saturated heterocycles. The molecule has 0 fully saturated rings. The van der Waals surface area contributed by atoms with E-state index in [1.165, 1.54) is 25.1 Å². The Balaban J connectivity index is 0.00000441. The zero-order valence-electron chi connectivity index (χ0n) is 12.3. The van der Waals surface area contributed by atoms with Crippen LogP contribution in [0.25, 0.3) is 0 Å². The van der Waals surface area contributed by atoms with E-state index in [-0.39, 0.29) is 53.2 Å². The monoisotopic (exact) mass is 357 g/mol. The van der Waals surface area contributed by atoms with Crippen LogP contribution in [0.3, 0.4) is 0 Å². The number of rotatable bonds is 8. The van der Waals surface area contributed by atoms with E-state index in [1.807, 2.05) is 0 Å². The van der Waals surface area contributed by atoms with Gasteiger partial charge in [0.2, 0.25) is 0 Å². The molecule has 0 spiro atoms. The van der Waals surface area contributed by atoms with E-state index in [0.717, 1.165) is 0 Å². The Morgan fingerprint density at radius 1 is 1.50 bits per heavy atom. The van der Waals surface area contributed by atoms with Crippen molar-refractivity contribution in [1.29, 1.82) is 0 Å². The number of nitrogens with one attached hydrogen (secondary N) is 1. The van der Waals surface area contributed by atoms with Gasteiger partial charge in [-0.3, -0.25) is 9.88 Å². The SMILES string of the molecule is CCOP(=O)(O)C(N[C@@H](CS)C(=O)[O-])c1ccccc1O.[Na+]. The standard InChI is InChI=1S/C12H18NO6PS.Na/c1-2-19-20(17,18)11(13-9(7-21)12(15)16)8-5-3-4-6-10(8)14;/h3-6,9,11,13-14,21H,2,7H2,1H3,(H,15,16)(H,17,18);/q;+1/p-1/t9-,11?;/m0./s1. The number of benzene rings is 1. The number of thiol groups is 1. The molecule has 1 aromatic carbocycles. The molecule has 0 amide bonds. The van der Waals surface area contributed by atoms with Gasteiger partial charge in [0.25, 0.3) is 0 Å². The van der Waals surface area contributed by atoms with Crippen LogP contribution >= 0.6 is 20.2 Å². The Labute approximate surface area is 156 Å². The second-order valence-corrected chi connectivity index (χ2v) is 6.43. The maximum Gasteiger partial charge on any atom is 1.00 e. The van der Waals surface area contributed by atoms with Crippen molar-refractivity contribution in [3.05, 3.63) is 29.8 Å². The van der Waals surface area contributed by atoms with Crippen LogP contribution < -0.4 is 40.0 Å². The van der Waals surface area contributed by atoms with Gasteiger partial charge in [0.15, 0.2) is 0 Å². The molecule has 0 radical (unpaired) electrons. The van der Waals surface area contributed by atoms with Crippen LogP contribution in [-0.4, -0.2) is 34.4 Å². The minimum atomic E-state index is -4.25. The Bertz CT molecular complexity index is 546. The van der Waals surface area contributed by atoms with Gasteiger partial charge in [-0.2, -0.15) is 12.6 Å². The minimum Gasteiger partial charge on any atom is -0.548 e. The number of aromatic hydroxyl groups is 1. The second-order valence-electron chi connectivity index (χ2n) is 4.16. The summed E-state index contributed by atoms with van der Waals surface area (Å²) in [5, 5.41) is 23.2. The number of para-hydroxylation sites is 1. The smallest absolute Gasteiger partial charge is 0.548 e. The normalized spacial score (nSPS) is 16.1. The van der Waals surface area contributed by atoms with Crippen molar-refractivity contribution in [3.8, 4) is 5.75 Å². The van der Waals surface area contributed by atoms with E-state index in [4.69, 9.17) is 4.52 Å². The number of carboxylic acid groups (broad SMARTS) is 1. The van der Waals surface area contributed by atoms with E-state index >= 15 is 0 Å². The predicted molar refractivity (Wildman–Crippen MR) is 78.1 cm³/mol. The number of hydrogen-bond donors (Lipinski definition) is 4. The van der Waals surface area contributed by atoms with E-state index in [1.54, 1.807) is 6.07 Å². The molecule has 0 bridgehead atoms. The summed E-state index contributed by atoms with van der Waals surface area (Å²) < 4.78 is 17.1. The average Bonchev–Trinajstić information content (AvgIpc) is 2.40. The van der Waals surface area contributed by atoms with Crippen molar-refractivity contribution in [2.24, 2.45) is 0 Å². The summed E-state index contributed by atoms with van der Waals surface area (Å²) in [6.07, 6.45) is 0. The Hall–Kier alpha value is -0.0500. The van der Waals surface area contributed by atoms with Gasteiger partial charge >= 0.3 is 37.2 Å². The Morgan fingerprint density at radius 2 is 2.09 bits per heavy atom. The molecule has 3 atom stereocenters. The van der Waals surface area contributed by atoms with E-state index in [9.17, 15) is 24.5 Å². The van der Waals surface area contributed by atoms with Crippen molar-refractivity contribution in [2.45, 2.75) is 18.7 Å². The summed E-state index contributed by atoms with van der Waals surface area (Å²) in [6.45, 7) is 1.48. The number of aliphatic carboxylic acids is 1. The number of phenolic OH excluding ortho intramolecular Hbond substituents is 1. The molecule has 118 valence electrons. The molecule has 3 N–H and O–H groups in total. The predicted octanol–water partition coefficient (Wildman–Crippen LogP) is -2.75. The van der Waals surface area contributed by atoms with Crippen LogP contribution in [0.15, 0.2) is 24.3 Å². The summed E-state index contributed by atoms with van der Waals surface area (Å²) in [4.78, 5) is 21.0. The summed E-state index contributed by atoms with van der Waals surface area (Å²) in [7, 11) is -4.25. The molecular weight excluding hydrogens is 340 g/mol. The van der Waals surface area contributed by atoms with Crippen LogP contribution in [0.1, 0.15) is 18.3 Å². The first-order chi connectivity index (χ1) is 9.83. The molecule has 2 unspecified atom stereocenters. The molecule has 0 aliphatic rings. The number of phenols is 1. The van der Waals surface area contributed by atoms with Gasteiger partial charge in [0, 0.05) is 11.3 Å². The number of hydrogen-bond acceptors (Lipinski definition) is 7. The first-order valence-electron chi connectivity index (χ1n) is 6.16. The van der Waals surface area contributed by atoms with Crippen molar-refractivity contribution in [1.82, 2.24) is 5.32 Å². The van der Waals surface area contributed by atoms with Crippen LogP contribution in [0.2, 0.25) is 0 Å². The number of carbonyl (C=O) groups excluding carboxylic acids is 1. The van der Waals surface area contributed by atoms with Gasteiger partial charge in [0.05, 0.1) is 18.6 Å². The topological polar surface area (TPSA) is 119 Å². The largest absolute Gasteiger partial charge is 1.00 e. The average molecular weight is 357 g/mol. The molecular formula is C12H17NNaO6PS. The summed E-state index contributed by atoms with van der Waals surface area (Å²) in [5.41, 5.74) is 0.0600. The molecule has 1 aromatic rings. The third-order valence-electron chi connectivity index (χ3n) is 2.70. The van der Waals surface area contributed by atoms with Gasteiger partial charge < -0.3 is 24.4 Å². The maximum atomic E-state index is 12.3. The summed E-state index contributed by atoms with van der Waals surface area (Å²) >= 11 is 3.86. The number of carbonyl (C=O) groups is 1. The minimum absolute atomic E-state index is 0. The second kappa shape index (κ2) is 9.95.